The summed E-state index contributed by atoms with van der Waals surface area (Å²) in [7, 11) is -3.55. The lowest BCUT2D eigenvalue weighted by Gasteiger charge is -2.10. The van der Waals surface area contributed by atoms with Crippen LogP contribution >= 0.6 is 0 Å². The summed E-state index contributed by atoms with van der Waals surface area (Å²) in [6.45, 7) is 4.28. The fourth-order valence-corrected chi connectivity index (χ4v) is 2.95. The number of rotatable bonds is 4. The van der Waals surface area contributed by atoms with Crippen LogP contribution in [0.5, 0.6) is 0 Å². The van der Waals surface area contributed by atoms with Crippen LogP contribution in [0, 0.1) is 13.8 Å². The Labute approximate surface area is 119 Å². The molecule has 0 aliphatic rings. The van der Waals surface area contributed by atoms with Crippen molar-refractivity contribution in [3.8, 4) is 0 Å². The van der Waals surface area contributed by atoms with E-state index in [1.807, 2.05) is 13.8 Å². The van der Waals surface area contributed by atoms with Crippen molar-refractivity contribution in [2.45, 2.75) is 25.3 Å². The highest BCUT2D eigenvalue weighted by Crippen LogP contribution is 2.19. The molecule has 2 aromatic carbocycles. The van der Waals surface area contributed by atoms with E-state index >= 15 is 0 Å². The van der Waals surface area contributed by atoms with Crippen LogP contribution in [0.1, 0.15) is 16.7 Å². The van der Waals surface area contributed by atoms with E-state index in [4.69, 9.17) is 5.73 Å². The van der Waals surface area contributed by atoms with Gasteiger partial charge in [-0.25, -0.2) is 8.42 Å². The van der Waals surface area contributed by atoms with Gasteiger partial charge in [0.2, 0.25) is 0 Å². The van der Waals surface area contributed by atoms with Gasteiger partial charge in [0.25, 0.3) is 10.0 Å². The molecule has 0 saturated heterocycles. The number of aryl methyl sites for hydroxylation is 2. The predicted octanol–water partition coefficient (Wildman–Crippen LogP) is 2.56. The highest BCUT2D eigenvalue weighted by Gasteiger charge is 2.14. The van der Waals surface area contributed by atoms with Gasteiger partial charge in [0.15, 0.2) is 0 Å². The van der Waals surface area contributed by atoms with Crippen molar-refractivity contribution >= 4 is 15.7 Å². The molecule has 2 rings (SSSR count). The van der Waals surface area contributed by atoms with E-state index in [-0.39, 0.29) is 4.90 Å². The fourth-order valence-electron chi connectivity index (χ4n) is 1.80. The maximum atomic E-state index is 12.3. The van der Waals surface area contributed by atoms with Gasteiger partial charge in [-0.3, -0.25) is 4.72 Å². The van der Waals surface area contributed by atoms with Crippen molar-refractivity contribution in [1.82, 2.24) is 0 Å². The van der Waals surface area contributed by atoms with Crippen molar-refractivity contribution in [1.29, 1.82) is 0 Å². The molecule has 5 heteroatoms. The summed E-state index contributed by atoms with van der Waals surface area (Å²) >= 11 is 0. The Hall–Kier alpha value is -1.85. The quantitative estimate of drug-likeness (QED) is 0.909. The first-order valence-corrected chi connectivity index (χ1v) is 7.80. The number of hydrogen-bond acceptors (Lipinski definition) is 3. The number of nitrogens with two attached hydrogens (primary N) is 1. The largest absolute Gasteiger partial charge is 0.326 e. The lowest BCUT2D eigenvalue weighted by molar-refractivity contribution is 0.601. The van der Waals surface area contributed by atoms with E-state index in [0.29, 0.717) is 12.2 Å². The van der Waals surface area contributed by atoms with Crippen molar-refractivity contribution in [3.05, 3.63) is 59.2 Å². The summed E-state index contributed by atoms with van der Waals surface area (Å²) < 4.78 is 27.1. The van der Waals surface area contributed by atoms with Crippen LogP contribution in [0.3, 0.4) is 0 Å². The summed E-state index contributed by atoms with van der Waals surface area (Å²) in [5.74, 6) is 0. The van der Waals surface area contributed by atoms with Crippen LogP contribution in [0.2, 0.25) is 0 Å². The average molecular weight is 290 g/mol. The summed E-state index contributed by atoms with van der Waals surface area (Å²) in [5.41, 5.74) is 9.01. The van der Waals surface area contributed by atoms with Crippen LogP contribution in [-0.2, 0) is 16.6 Å². The average Bonchev–Trinajstić information content (AvgIpc) is 2.42. The van der Waals surface area contributed by atoms with Crippen LogP contribution in [0.4, 0.5) is 5.69 Å². The Morgan fingerprint density at radius 3 is 2.20 bits per heavy atom. The van der Waals surface area contributed by atoms with Crippen LogP contribution in [0.15, 0.2) is 47.4 Å². The third kappa shape index (κ3) is 3.18. The Bertz CT molecular complexity index is 707. The van der Waals surface area contributed by atoms with Crippen molar-refractivity contribution in [2.75, 3.05) is 4.72 Å². The second-order valence-corrected chi connectivity index (χ2v) is 6.44. The van der Waals surface area contributed by atoms with Crippen LogP contribution in [-0.4, -0.2) is 8.42 Å². The molecular weight excluding hydrogens is 272 g/mol. The first-order chi connectivity index (χ1) is 9.42. The molecule has 0 unspecified atom stereocenters. The molecule has 2 aromatic rings. The number of benzene rings is 2. The Balaban J connectivity index is 2.27. The highest BCUT2D eigenvalue weighted by molar-refractivity contribution is 7.92. The summed E-state index contributed by atoms with van der Waals surface area (Å²) in [4.78, 5) is 0.267. The highest BCUT2D eigenvalue weighted by atomic mass is 32.2. The van der Waals surface area contributed by atoms with Crippen LogP contribution < -0.4 is 10.5 Å². The zero-order valence-electron chi connectivity index (χ0n) is 11.6. The summed E-state index contributed by atoms with van der Waals surface area (Å²) in [6, 6.07) is 12.1. The molecule has 0 spiro atoms. The van der Waals surface area contributed by atoms with E-state index in [9.17, 15) is 8.42 Å². The number of hydrogen-bond donors (Lipinski definition) is 2. The van der Waals surface area contributed by atoms with Crippen molar-refractivity contribution in [3.63, 3.8) is 0 Å². The zero-order chi connectivity index (χ0) is 14.8. The molecule has 0 aliphatic carbocycles. The monoisotopic (exact) mass is 290 g/mol. The van der Waals surface area contributed by atoms with Crippen molar-refractivity contribution in [2.24, 2.45) is 5.73 Å². The molecule has 0 atom stereocenters. The second kappa shape index (κ2) is 5.64. The molecule has 0 bridgehead atoms. The maximum absolute atomic E-state index is 12.3. The minimum atomic E-state index is -3.55. The first-order valence-electron chi connectivity index (χ1n) is 6.31. The fraction of sp³-hybridized carbons (Fsp3) is 0.200. The molecule has 3 N–H and O–H groups in total. The number of nitrogens with one attached hydrogen (secondary N) is 1. The molecule has 106 valence electrons. The van der Waals surface area contributed by atoms with Gasteiger partial charge in [0.1, 0.15) is 0 Å². The number of anilines is 1. The second-order valence-electron chi connectivity index (χ2n) is 4.75. The summed E-state index contributed by atoms with van der Waals surface area (Å²) in [5, 5.41) is 0. The smallest absolute Gasteiger partial charge is 0.261 e. The minimum absolute atomic E-state index is 0.267. The zero-order valence-corrected chi connectivity index (χ0v) is 12.4. The van der Waals surface area contributed by atoms with E-state index in [2.05, 4.69) is 4.72 Å². The van der Waals surface area contributed by atoms with Gasteiger partial charge in [0.05, 0.1) is 4.90 Å². The lowest BCUT2D eigenvalue weighted by atomic mass is 10.1. The van der Waals surface area contributed by atoms with Gasteiger partial charge in [0, 0.05) is 12.2 Å². The van der Waals surface area contributed by atoms with Gasteiger partial charge in [-0.05, 0) is 54.8 Å². The van der Waals surface area contributed by atoms with Crippen molar-refractivity contribution < 1.29 is 8.42 Å². The molecule has 0 saturated carbocycles. The summed E-state index contributed by atoms with van der Waals surface area (Å²) in [6.07, 6.45) is 0. The minimum Gasteiger partial charge on any atom is -0.326 e. The van der Waals surface area contributed by atoms with Gasteiger partial charge in [-0.1, -0.05) is 18.2 Å². The predicted molar refractivity (Wildman–Crippen MR) is 81.1 cm³/mol. The van der Waals surface area contributed by atoms with Gasteiger partial charge < -0.3 is 5.73 Å². The molecule has 0 aromatic heterocycles. The maximum Gasteiger partial charge on any atom is 0.261 e. The topological polar surface area (TPSA) is 72.2 Å². The molecule has 20 heavy (non-hydrogen) atoms. The Morgan fingerprint density at radius 2 is 1.65 bits per heavy atom. The first kappa shape index (κ1) is 14.6. The Morgan fingerprint density at radius 1 is 1.00 bits per heavy atom. The third-order valence-corrected chi connectivity index (χ3v) is 4.61. The molecule has 0 amide bonds. The SMILES string of the molecule is Cc1ccc(S(=O)(=O)Nc2ccc(CN)cc2)cc1C. The normalized spacial score (nSPS) is 11.3. The van der Waals surface area contributed by atoms with Gasteiger partial charge >= 0.3 is 0 Å². The lowest BCUT2D eigenvalue weighted by Crippen LogP contribution is -2.13. The standard InChI is InChI=1S/C15H18N2O2S/c1-11-3-8-15(9-12(11)2)20(18,19)17-14-6-4-13(10-16)5-7-14/h3-9,17H,10,16H2,1-2H3. The Kier molecular flexibility index (Phi) is 4.11. The van der Waals surface area contributed by atoms with Crippen LogP contribution in [0.25, 0.3) is 0 Å². The molecule has 0 radical (unpaired) electrons. The number of sulfonamides is 1. The molecule has 0 fully saturated rings. The van der Waals surface area contributed by atoms with Gasteiger partial charge in [-0.2, -0.15) is 0 Å². The molecule has 4 nitrogen and oxygen atoms in total. The van der Waals surface area contributed by atoms with E-state index in [0.717, 1.165) is 16.7 Å². The van der Waals surface area contributed by atoms with E-state index in [1.54, 1.807) is 42.5 Å². The third-order valence-electron chi connectivity index (χ3n) is 3.23. The molecule has 0 heterocycles. The molecular formula is C15H18N2O2S. The van der Waals surface area contributed by atoms with E-state index < -0.39 is 10.0 Å². The van der Waals surface area contributed by atoms with Gasteiger partial charge in [-0.15, -0.1) is 0 Å². The molecule has 0 aliphatic heterocycles. The van der Waals surface area contributed by atoms with E-state index in [1.165, 1.54) is 0 Å².